The minimum absolute atomic E-state index is 0.107. The van der Waals surface area contributed by atoms with Gasteiger partial charge in [0.2, 0.25) is 0 Å². The Morgan fingerprint density at radius 1 is 0.800 bits per heavy atom. The number of carbonyl (C=O) groups is 1. The molecule has 0 atom stereocenters. The van der Waals surface area contributed by atoms with Crippen molar-refractivity contribution in [2.45, 2.75) is 52.7 Å². The van der Waals surface area contributed by atoms with Gasteiger partial charge in [-0.2, -0.15) is 0 Å². The third kappa shape index (κ3) is 8.44. The number of fused-ring (bicyclic) bond motifs is 1. The molecule has 1 amide bonds. The lowest BCUT2D eigenvalue weighted by molar-refractivity contribution is 0.0941. The second kappa shape index (κ2) is 16.2. The summed E-state index contributed by atoms with van der Waals surface area (Å²) in [5, 5.41) is 3.67. The summed E-state index contributed by atoms with van der Waals surface area (Å²) in [7, 11) is -2.72. The van der Waals surface area contributed by atoms with Crippen LogP contribution in [0.1, 0.15) is 45.7 Å². The molecule has 0 saturated carbocycles. The number of aromatic nitrogens is 2. The van der Waals surface area contributed by atoms with Crippen LogP contribution in [0.2, 0.25) is 5.04 Å². The highest BCUT2D eigenvalue weighted by molar-refractivity contribution is 9.10. The highest BCUT2D eigenvalue weighted by atomic mass is 79.9. The highest BCUT2D eigenvalue weighted by Crippen LogP contribution is 2.41. The molecule has 1 N–H and O–H groups in total. The number of pyridine rings is 1. The number of nitrogens with zero attached hydrogens (tertiary/aromatic N) is 3. The van der Waals surface area contributed by atoms with E-state index in [1.165, 1.54) is 21.3 Å². The number of aromatic amines is 1. The van der Waals surface area contributed by atoms with E-state index in [9.17, 15) is 4.79 Å². The van der Waals surface area contributed by atoms with Crippen molar-refractivity contribution in [2.24, 2.45) is 5.41 Å². The predicted octanol–water partition coefficient (Wildman–Crippen LogP) is 9.60. The maximum absolute atomic E-state index is 12.9. The molecular formula is C46H51BrN4O3Si. The first-order valence-corrected chi connectivity index (χ1v) is 21.9. The summed E-state index contributed by atoms with van der Waals surface area (Å²) in [4.78, 5) is 25.5. The molecule has 3 heterocycles. The summed E-state index contributed by atoms with van der Waals surface area (Å²) < 4.78 is 14.1. The quantitative estimate of drug-likeness (QED) is 0.132. The fraction of sp³-hybridized carbons (Fsp3) is 0.304. The van der Waals surface area contributed by atoms with Crippen molar-refractivity contribution in [1.29, 1.82) is 0 Å². The zero-order chi connectivity index (χ0) is 38.6. The number of hydrogen-bond acceptors (Lipinski definition) is 5. The topological polar surface area (TPSA) is 70.7 Å². The molecule has 1 aliphatic heterocycles. The van der Waals surface area contributed by atoms with Crippen LogP contribution in [0.25, 0.3) is 22.2 Å². The number of H-pyrrole nitrogens is 1. The molecular weight excluding hydrogens is 765 g/mol. The number of ether oxygens (including phenoxy) is 1. The number of hydrogen-bond donors (Lipinski definition) is 1. The minimum atomic E-state index is -2.72. The van der Waals surface area contributed by atoms with E-state index in [0.717, 1.165) is 39.0 Å². The van der Waals surface area contributed by atoms with Crippen molar-refractivity contribution in [3.8, 4) is 11.3 Å². The van der Waals surface area contributed by atoms with Crippen LogP contribution in [0, 0.1) is 5.41 Å². The minimum Gasteiger partial charge on any atom is -0.445 e. The van der Waals surface area contributed by atoms with Crippen LogP contribution in [-0.2, 0) is 22.2 Å². The fourth-order valence-corrected chi connectivity index (χ4v) is 13.0. The summed E-state index contributed by atoms with van der Waals surface area (Å²) in [5.74, 6) is 0.898. The number of anilines is 1. The van der Waals surface area contributed by atoms with E-state index >= 15 is 0 Å². The Morgan fingerprint density at radius 2 is 1.42 bits per heavy atom. The normalized spacial score (nSPS) is 14.0. The largest absolute Gasteiger partial charge is 0.445 e. The third-order valence-corrected chi connectivity index (χ3v) is 16.2. The molecule has 2 aromatic heterocycles. The lowest BCUT2D eigenvalue weighted by atomic mass is 9.85. The van der Waals surface area contributed by atoms with Gasteiger partial charge in [0.15, 0.2) is 0 Å². The van der Waals surface area contributed by atoms with Gasteiger partial charge in [-0.3, -0.25) is 0 Å². The van der Waals surface area contributed by atoms with Crippen LogP contribution in [0.4, 0.5) is 10.6 Å². The molecule has 9 heteroatoms. The van der Waals surface area contributed by atoms with Gasteiger partial charge < -0.3 is 23.9 Å². The number of benzene rings is 4. The van der Waals surface area contributed by atoms with Crippen molar-refractivity contribution in [3.05, 3.63) is 143 Å². The smallest absolute Gasteiger partial charge is 0.410 e. The molecule has 7 rings (SSSR count). The van der Waals surface area contributed by atoms with E-state index in [0.29, 0.717) is 32.8 Å². The number of nitrogens with one attached hydrogen (secondary N) is 1. The lowest BCUT2D eigenvalue weighted by Crippen LogP contribution is -2.67. The van der Waals surface area contributed by atoms with E-state index in [4.69, 9.17) is 14.1 Å². The maximum Gasteiger partial charge on any atom is 0.410 e. The zero-order valence-electron chi connectivity index (χ0n) is 32.5. The fourth-order valence-electron chi connectivity index (χ4n) is 7.92. The van der Waals surface area contributed by atoms with E-state index in [-0.39, 0.29) is 23.2 Å². The Morgan fingerprint density at radius 3 is 2.04 bits per heavy atom. The third-order valence-electron chi connectivity index (χ3n) is 10.7. The Labute approximate surface area is 335 Å². The van der Waals surface area contributed by atoms with E-state index in [2.05, 4.69) is 151 Å². The first kappa shape index (κ1) is 38.6. The van der Waals surface area contributed by atoms with Crippen molar-refractivity contribution in [3.63, 3.8) is 0 Å². The first-order valence-electron chi connectivity index (χ1n) is 19.2. The first-order chi connectivity index (χ1) is 26.4. The molecule has 0 spiro atoms. The molecule has 0 bridgehead atoms. The standard InChI is InChI=1S/C46H51BrN4O3Si/c1-45(2,3)55(37-17-11-7-12-18-37,38-19-13-8-14-20-38)54-33-46(4,5)31-40-39-30-36(47)21-22-41(39)49-43(40)35-23-24-48-42(29-35)50-25-27-51(28-26-50)44(52)53-32-34-15-9-6-10-16-34/h6-24,29-30,49H,25-28,31-33H2,1-5H3. The summed E-state index contributed by atoms with van der Waals surface area (Å²) in [5.41, 5.74) is 5.31. The summed E-state index contributed by atoms with van der Waals surface area (Å²) in [6, 6.07) is 42.3. The van der Waals surface area contributed by atoms with Gasteiger partial charge in [-0.05, 0) is 68.7 Å². The monoisotopic (exact) mass is 814 g/mol. The molecule has 7 nitrogen and oxygen atoms in total. The summed E-state index contributed by atoms with van der Waals surface area (Å²) in [6.45, 7) is 15.0. The van der Waals surface area contributed by atoms with Crippen molar-refractivity contribution in [2.75, 3.05) is 37.7 Å². The maximum atomic E-state index is 12.9. The van der Waals surface area contributed by atoms with Crippen LogP contribution >= 0.6 is 15.9 Å². The molecule has 6 aromatic rings. The highest BCUT2D eigenvalue weighted by Gasteiger charge is 2.50. The average Bonchev–Trinajstić information content (AvgIpc) is 3.54. The van der Waals surface area contributed by atoms with Crippen molar-refractivity contribution < 1.29 is 14.0 Å². The average molecular weight is 816 g/mol. The predicted molar refractivity (Wildman–Crippen MR) is 231 cm³/mol. The molecule has 0 radical (unpaired) electrons. The molecule has 0 aliphatic carbocycles. The summed E-state index contributed by atoms with van der Waals surface area (Å²) >= 11 is 3.76. The molecule has 284 valence electrons. The Bertz CT molecular complexity index is 2170. The Hall–Kier alpha value is -4.70. The van der Waals surface area contributed by atoms with Crippen LogP contribution in [-0.4, -0.2) is 62.1 Å². The zero-order valence-corrected chi connectivity index (χ0v) is 35.1. The van der Waals surface area contributed by atoms with E-state index in [1.54, 1.807) is 4.90 Å². The number of halogens is 1. The van der Waals surface area contributed by atoms with Crippen LogP contribution < -0.4 is 15.3 Å². The van der Waals surface area contributed by atoms with Gasteiger partial charge in [0, 0.05) is 65.6 Å². The number of piperazine rings is 1. The molecule has 1 aliphatic rings. The van der Waals surface area contributed by atoms with Crippen LogP contribution in [0.15, 0.2) is 132 Å². The van der Waals surface area contributed by atoms with E-state index in [1.807, 2.05) is 36.5 Å². The van der Waals surface area contributed by atoms with Gasteiger partial charge in [0.05, 0.1) is 0 Å². The van der Waals surface area contributed by atoms with Gasteiger partial charge in [-0.1, -0.05) is 142 Å². The van der Waals surface area contributed by atoms with E-state index < -0.39 is 8.32 Å². The van der Waals surface area contributed by atoms with Crippen molar-refractivity contribution in [1.82, 2.24) is 14.9 Å². The van der Waals surface area contributed by atoms with Gasteiger partial charge in [0.1, 0.15) is 12.4 Å². The molecule has 1 fully saturated rings. The van der Waals surface area contributed by atoms with Gasteiger partial charge in [-0.25, -0.2) is 9.78 Å². The molecule has 4 aromatic carbocycles. The molecule has 55 heavy (non-hydrogen) atoms. The summed E-state index contributed by atoms with van der Waals surface area (Å²) in [6.07, 6.45) is 2.42. The van der Waals surface area contributed by atoms with Crippen LogP contribution in [0.3, 0.4) is 0 Å². The van der Waals surface area contributed by atoms with Crippen molar-refractivity contribution >= 4 is 57.4 Å². The number of amides is 1. The Balaban J connectivity index is 1.13. The Kier molecular flexibility index (Phi) is 11.3. The number of carbonyl (C=O) groups excluding carboxylic acids is 1. The lowest BCUT2D eigenvalue weighted by Gasteiger charge is -2.44. The second-order valence-corrected chi connectivity index (χ2v) is 21.6. The van der Waals surface area contributed by atoms with Gasteiger partial charge in [0.25, 0.3) is 8.32 Å². The van der Waals surface area contributed by atoms with Gasteiger partial charge in [-0.15, -0.1) is 0 Å². The SMILES string of the molecule is CC(C)(CO[Si](c1ccccc1)(c1ccccc1)C(C)(C)C)Cc1c(-c2ccnc(N3CCN(C(=O)OCc4ccccc4)CC3)c2)[nH]c2ccc(Br)cc12. The van der Waals surface area contributed by atoms with Gasteiger partial charge >= 0.3 is 6.09 Å². The second-order valence-electron chi connectivity index (χ2n) is 16.4. The van der Waals surface area contributed by atoms with Crippen LogP contribution in [0.5, 0.6) is 0 Å². The number of rotatable bonds is 11. The molecule has 1 saturated heterocycles. The molecule has 0 unspecified atom stereocenters.